The molecular weight excluding hydrogens is 188 g/mol. The molecule has 0 radical (unpaired) electrons. The fourth-order valence-electron chi connectivity index (χ4n) is 1.18. The average Bonchev–Trinajstić information content (AvgIpc) is 3.00. The molecule has 1 heterocycles. The predicted molar refractivity (Wildman–Crippen MR) is 43.7 cm³/mol. The molecule has 0 saturated heterocycles. The van der Waals surface area contributed by atoms with Crippen LogP contribution in [0.1, 0.15) is 42.4 Å². The zero-order valence-electron chi connectivity index (χ0n) is 7.24. The lowest BCUT2D eigenvalue weighted by Crippen LogP contribution is -2.00. The van der Waals surface area contributed by atoms with Crippen molar-refractivity contribution in [3.8, 4) is 6.07 Å². The highest BCUT2D eigenvalue weighted by atomic mass is 19.3. The van der Waals surface area contributed by atoms with E-state index >= 15 is 0 Å². The van der Waals surface area contributed by atoms with Gasteiger partial charge < -0.3 is 0 Å². The van der Waals surface area contributed by atoms with Crippen LogP contribution >= 0.6 is 0 Å². The van der Waals surface area contributed by atoms with Crippen LogP contribution in [0, 0.1) is 11.3 Å². The maximum absolute atomic E-state index is 12.3. The number of alkyl halides is 2. The van der Waals surface area contributed by atoms with Crippen LogP contribution in [0.5, 0.6) is 0 Å². The van der Waals surface area contributed by atoms with Crippen molar-refractivity contribution in [2.75, 3.05) is 0 Å². The van der Waals surface area contributed by atoms with Gasteiger partial charge in [-0.25, -0.2) is 18.7 Å². The number of nitriles is 1. The molecule has 0 amide bonds. The van der Waals surface area contributed by atoms with E-state index < -0.39 is 6.43 Å². The largest absolute Gasteiger partial charge is 0.280 e. The molecule has 0 bridgehead atoms. The van der Waals surface area contributed by atoms with Crippen LogP contribution in [0.3, 0.4) is 0 Å². The van der Waals surface area contributed by atoms with Gasteiger partial charge in [0.2, 0.25) is 0 Å². The molecule has 5 heteroatoms. The summed E-state index contributed by atoms with van der Waals surface area (Å²) < 4.78 is 24.7. The number of aromatic nitrogens is 2. The second-order valence-corrected chi connectivity index (χ2v) is 3.22. The van der Waals surface area contributed by atoms with E-state index in [0.29, 0.717) is 5.82 Å². The summed E-state index contributed by atoms with van der Waals surface area (Å²) >= 11 is 0. The number of hydrogen-bond donors (Lipinski definition) is 0. The van der Waals surface area contributed by atoms with Gasteiger partial charge in [0, 0.05) is 12.0 Å². The third-order valence-corrected chi connectivity index (χ3v) is 2.04. The molecule has 72 valence electrons. The zero-order valence-corrected chi connectivity index (χ0v) is 7.24. The Balaban J connectivity index is 2.42. The summed E-state index contributed by atoms with van der Waals surface area (Å²) in [5.41, 5.74) is -0.323. The van der Waals surface area contributed by atoms with Crippen LogP contribution in [0.4, 0.5) is 8.78 Å². The topological polar surface area (TPSA) is 49.6 Å². The normalized spacial score (nSPS) is 15.6. The minimum atomic E-state index is -2.64. The van der Waals surface area contributed by atoms with Crippen LogP contribution in [-0.4, -0.2) is 9.97 Å². The molecule has 1 aliphatic rings. The first kappa shape index (κ1) is 9.00. The summed E-state index contributed by atoms with van der Waals surface area (Å²) in [6.07, 6.45) is -0.780. The summed E-state index contributed by atoms with van der Waals surface area (Å²) in [7, 11) is 0. The standard InChI is InChI=1S/C9H7F2N3/c10-8(11)7-3-6(4-12)13-9(14-7)5-1-2-5/h3,5,8H,1-2H2. The number of halogens is 2. The summed E-state index contributed by atoms with van der Waals surface area (Å²) in [6.45, 7) is 0. The maximum Gasteiger partial charge on any atom is 0.280 e. The van der Waals surface area contributed by atoms with Gasteiger partial charge in [0.05, 0.1) is 0 Å². The molecule has 1 aromatic heterocycles. The summed E-state index contributed by atoms with van der Waals surface area (Å²) in [5, 5.41) is 8.59. The molecule has 0 spiro atoms. The van der Waals surface area contributed by atoms with Crippen molar-refractivity contribution in [2.45, 2.75) is 25.2 Å². The van der Waals surface area contributed by atoms with E-state index in [0.717, 1.165) is 18.9 Å². The van der Waals surface area contributed by atoms with Crippen LogP contribution in [0.15, 0.2) is 6.07 Å². The quantitative estimate of drug-likeness (QED) is 0.726. The highest BCUT2D eigenvalue weighted by Gasteiger charge is 2.28. The Kier molecular flexibility index (Phi) is 2.12. The molecular formula is C9H7F2N3. The van der Waals surface area contributed by atoms with Crippen LogP contribution < -0.4 is 0 Å². The van der Waals surface area contributed by atoms with Crippen molar-refractivity contribution in [1.82, 2.24) is 9.97 Å². The average molecular weight is 195 g/mol. The summed E-state index contributed by atoms with van der Waals surface area (Å²) in [5.74, 6) is 0.570. The van der Waals surface area contributed by atoms with E-state index in [2.05, 4.69) is 9.97 Å². The highest BCUT2D eigenvalue weighted by molar-refractivity contribution is 5.25. The van der Waals surface area contributed by atoms with Gasteiger partial charge in [0.1, 0.15) is 23.3 Å². The molecule has 1 saturated carbocycles. The minimum absolute atomic E-state index is 0.0252. The molecule has 0 atom stereocenters. The van der Waals surface area contributed by atoms with Gasteiger partial charge in [0.25, 0.3) is 6.43 Å². The van der Waals surface area contributed by atoms with Crippen LogP contribution in [-0.2, 0) is 0 Å². The van der Waals surface area contributed by atoms with Gasteiger partial charge in [-0.1, -0.05) is 0 Å². The summed E-state index contributed by atoms with van der Waals surface area (Å²) in [4.78, 5) is 7.62. The molecule has 0 N–H and O–H groups in total. The Morgan fingerprint density at radius 2 is 2.14 bits per heavy atom. The van der Waals surface area contributed by atoms with Crippen molar-refractivity contribution < 1.29 is 8.78 Å². The lowest BCUT2D eigenvalue weighted by molar-refractivity contribution is 0.145. The van der Waals surface area contributed by atoms with Crippen molar-refractivity contribution in [2.24, 2.45) is 0 Å². The van der Waals surface area contributed by atoms with Crippen molar-refractivity contribution in [1.29, 1.82) is 5.26 Å². The second kappa shape index (κ2) is 3.29. The molecule has 1 aliphatic carbocycles. The Morgan fingerprint density at radius 1 is 1.43 bits per heavy atom. The molecule has 14 heavy (non-hydrogen) atoms. The minimum Gasteiger partial charge on any atom is -0.232 e. The van der Waals surface area contributed by atoms with E-state index in [1.807, 2.05) is 0 Å². The predicted octanol–water partition coefficient (Wildman–Crippen LogP) is 2.16. The lowest BCUT2D eigenvalue weighted by Gasteiger charge is -2.02. The Labute approximate surface area is 79.4 Å². The molecule has 0 aromatic carbocycles. The highest BCUT2D eigenvalue weighted by Crippen LogP contribution is 2.38. The van der Waals surface area contributed by atoms with Crippen molar-refractivity contribution in [3.63, 3.8) is 0 Å². The zero-order chi connectivity index (χ0) is 10.1. The maximum atomic E-state index is 12.3. The second-order valence-electron chi connectivity index (χ2n) is 3.22. The number of rotatable bonds is 2. The molecule has 1 aromatic rings. The molecule has 3 nitrogen and oxygen atoms in total. The van der Waals surface area contributed by atoms with Gasteiger partial charge in [-0.2, -0.15) is 5.26 Å². The number of nitrogens with zero attached hydrogens (tertiary/aromatic N) is 3. The number of hydrogen-bond acceptors (Lipinski definition) is 3. The van der Waals surface area contributed by atoms with E-state index in [4.69, 9.17) is 5.26 Å². The van der Waals surface area contributed by atoms with Crippen LogP contribution in [0.2, 0.25) is 0 Å². The fourth-order valence-corrected chi connectivity index (χ4v) is 1.18. The SMILES string of the molecule is N#Cc1cc(C(F)F)nc(C2CC2)n1. The van der Waals surface area contributed by atoms with E-state index in [-0.39, 0.29) is 17.3 Å². The lowest BCUT2D eigenvalue weighted by atomic mass is 10.3. The molecule has 0 aliphatic heterocycles. The summed E-state index contributed by atoms with van der Waals surface area (Å²) in [6, 6.07) is 2.80. The Morgan fingerprint density at radius 3 is 2.64 bits per heavy atom. The smallest absolute Gasteiger partial charge is 0.232 e. The van der Waals surface area contributed by atoms with E-state index in [9.17, 15) is 8.78 Å². The Bertz CT molecular complexity index is 373. The third-order valence-electron chi connectivity index (χ3n) is 2.04. The van der Waals surface area contributed by atoms with E-state index in [1.54, 1.807) is 6.07 Å². The molecule has 0 unspecified atom stereocenters. The van der Waals surface area contributed by atoms with Crippen molar-refractivity contribution in [3.05, 3.63) is 23.3 Å². The first-order valence-electron chi connectivity index (χ1n) is 4.28. The van der Waals surface area contributed by atoms with Gasteiger partial charge in [-0.05, 0) is 12.8 Å². The van der Waals surface area contributed by atoms with Gasteiger partial charge in [-0.15, -0.1) is 0 Å². The van der Waals surface area contributed by atoms with Gasteiger partial charge >= 0.3 is 0 Å². The fraction of sp³-hybridized carbons (Fsp3) is 0.444. The third kappa shape index (κ3) is 1.69. The van der Waals surface area contributed by atoms with Gasteiger partial charge in [0.15, 0.2) is 0 Å². The van der Waals surface area contributed by atoms with E-state index in [1.165, 1.54) is 0 Å². The Hall–Kier alpha value is -1.57. The van der Waals surface area contributed by atoms with Gasteiger partial charge in [-0.3, -0.25) is 0 Å². The van der Waals surface area contributed by atoms with Crippen LogP contribution in [0.25, 0.3) is 0 Å². The molecule has 2 rings (SSSR count). The van der Waals surface area contributed by atoms with Crippen molar-refractivity contribution >= 4 is 0 Å². The first-order valence-corrected chi connectivity index (χ1v) is 4.28. The monoisotopic (exact) mass is 195 g/mol. The molecule has 1 fully saturated rings. The first-order chi connectivity index (χ1) is 6.70.